The lowest BCUT2D eigenvalue weighted by atomic mass is 9.84. The fourth-order valence-corrected chi connectivity index (χ4v) is 5.11. The second-order valence-corrected chi connectivity index (χ2v) is 8.62. The summed E-state index contributed by atoms with van der Waals surface area (Å²) in [4.78, 5) is 28.6. The van der Waals surface area contributed by atoms with Crippen LogP contribution in [0.1, 0.15) is 48.1 Å². The number of rotatable bonds is 4. The number of nitrogens with one attached hydrogen (secondary N) is 1. The minimum Gasteiger partial charge on any atom is -0.355 e. The Bertz CT molecular complexity index is 957. The van der Waals surface area contributed by atoms with E-state index in [4.69, 9.17) is 4.52 Å². The zero-order chi connectivity index (χ0) is 22.1. The van der Waals surface area contributed by atoms with Crippen molar-refractivity contribution < 1.29 is 14.1 Å². The molecule has 2 aliphatic heterocycles. The number of hydrogen-bond donors (Lipinski definition) is 1. The highest BCUT2D eigenvalue weighted by molar-refractivity contribution is 5.93. The van der Waals surface area contributed by atoms with E-state index in [1.165, 1.54) is 0 Å². The van der Waals surface area contributed by atoms with E-state index in [1.807, 2.05) is 35.3 Å². The van der Waals surface area contributed by atoms with Crippen molar-refractivity contribution in [3.63, 3.8) is 0 Å². The Balaban J connectivity index is 1.38. The molecule has 2 aliphatic rings. The van der Waals surface area contributed by atoms with Gasteiger partial charge in [-0.3, -0.25) is 9.48 Å². The average molecular weight is 429 g/mol. The maximum Gasteiger partial charge on any atom is 0.317 e. The van der Waals surface area contributed by atoms with E-state index in [-0.39, 0.29) is 11.9 Å². The first-order valence-corrected chi connectivity index (χ1v) is 11.2. The smallest absolute Gasteiger partial charge is 0.317 e. The molecule has 2 aromatic rings. The molecule has 9 heteroatoms. The topological polar surface area (TPSA) is 96.5 Å². The summed E-state index contributed by atoms with van der Waals surface area (Å²) in [5, 5.41) is 11.3. The van der Waals surface area contributed by atoms with Crippen molar-refractivity contribution >= 4 is 11.9 Å². The number of nitrogens with zero attached hydrogens (tertiary/aromatic N) is 5. The molecule has 0 spiro atoms. The number of urea groups is 1. The van der Waals surface area contributed by atoms with Crippen LogP contribution in [-0.4, -0.2) is 69.9 Å². The number of piperidine rings is 1. The summed E-state index contributed by atoms with van der Waals surface area (Å²) in [6, 6.07) is 1.74. The number of likely N-dealkylation sites (tertiary alicyclic amines) is 2. The van der Waals surface area contributed by atoms with Crippen molar-refractivity contribution in [2.24, 2.45) is 11.8 Å². The quantitative estimate of drug-likeness (QED) is 0.808. The third-order valence-electron chi connectivity index (χ3n) is 6.88. The van der Waals surface area contributed by atoms with Gasteiger partial charge in [-0.1, -0.05) is 5.16 Å². The fourth-order valence-electron chi connectivity index (χ4n) is 5.11. The van der Waals surface area contributed by atoms with Crippen LogP contribution in [0.15, 0.2) is 10.6 Å². The first kappa shape index (κ1) is 21.4. The van der Waals surface area contributed by atoms with Crippen molar-refractivity contribution in [3.8, 4) is 11.3 Å². The highest BCUT2D eigenvalue weighted by Gasteiger charge is 2.35. The normalized spacial score (nSPS) is 19.8. The largest absolute Gasteiger partial charge is 0.355 e. The second kappa shape index (κ2) is 8.72. The van der Waals surface area contributed by atoms with E-state index in [0.717, 1.165) is 68.9 Å². The van der Waals surface area contributed by atoms with Gasteiger partial charge in [-0.05, 0) is 51.9 Å². The first-order valence-electron chi connectivity index (χ1n) is 11.2. The van der Waals surface area contributed by atoms with Crippen LogP contribution >= 0.6 is 0 Å². The Morgan fingerprint density at radius 2 is 1.81 bits per heavy atom. The summed E-state index contributed by atoms with van der Waals surface area (Å²) < 4.78 is 7.47. The molecule has 0 aromatic carbocycles. The van der Waals surface area contributed by atoms with Crippen molar-refractivity contribution in [2.45, 2.75) is 46.6 Å². The Morgan fingerprint density at radius 1 is 1.13 bits per heavy atom. The van der Waals surface area contributed by atoms with Gasteiger partial charge in [0, 0.05) is 51.5 Å². The molecular weight excluding hydrogens is 396 g/mol. The zero-order valence-electron chi connectivity index (χ0n) is 18.8. The average Bonchev–Trinajstić information content (AvgIpc) is 3.52. The van der Waals surface area contributed by atoms with Crippen LogP contribution in [0.2, 0.25) is 0 Å². The van der Waals surface area contributed by atoms with E-state index in [1.54, 1.807) is 13.1 Å². The van der Waals surface area contributed by atoms with Crippen LogP contribution in [0.5, 0.6) is 0 Å². The zero-order valence-corrected chi connectivity index (χ0v) is 18.8. The monoisotopic (exact) mass is 428 g/mol. The van der Waals surface area contributed by atoms with Crippen molar-refractivity contribution in [2.75, 3.05) is 33.2 Å². The summed E-state index contributed by atoms with van der Waals surface area (Å²) in [5.41, 5.74) is 3.15. The minimum atomic E-state index is -0.0708. The Labute approximate surface area is 182 Å². The maximum absolute atomic E-state index is 13.1. The molecule has 2 saturated heterocycles. The molecule has 9 nitrogen and oxygen atoms in total. The van der Waals surface area contributed by atoms with Crippen LogP contribution in [0.3, 0.4) is 0 Å². The minimum absolute atomic E-state index is 0.00142. The highest BCUT2D eigenvalue weighted by atomic mass is 16.5. The van der Waals surface area contributed by atoms with Crippen molar-refractivity contribution in [1.29, 1.82) is 0 Å². The number of carbonyl (C=O) groups excluding carboxylic acids is 2. The number of hydrogen-bond acceptors (Lipinski definition) is 5. The van der Waals surface area contributed by atoms with Crippen molar-refractivity contribution in [1.82, 2.24) is 30.1 Å². The number of aryl methyl sites for hydroxylation is 2. The molecule has 0 aliphatic carbocycles. The van der Waals surface area contributed by atoms with Gasteiger partial charge in [-0.25, -0.2) is 4.79 Å². The summed E-state index contributed by atoms with van der Waals surface area (Å²) in [6.07, 6.45) is 2.99. The van der Waals surface area contributed by atoms with E-state index in [2.05, 4.69) is 15.6 Å². The third kappa shape index (κ3) is 4.05. The number of carbonyl (C=O) groups is 2. The molecule has 0 radical (unpaired) electrons. The van der Waals surface area contributed by atoms with E-state index in [0.29, 0.717) is 23.3 Å². The molecule has 4 heterocycles. The summed E-state index contributed by atoms with van der Waals surface area (Å²) in [7, 11) is 1.67. The van der Waals surface area contributed by atoms with Crippen LogP contribution in [0.4, 0.5) is 4.79 Å². The van der Waals surface area contributed by atoms with Gasteiger partial charge in [0.05, 0.1) is 11.3 Å². The first-order chi connectivity index (χ1) is 14.9. The Hall–Kier alpha value is -2.84. The lowest BCUT2D eigenvalue weighted by Gasteiger charge is -2.34. The van der Waals surface area contributed by atoms with Crippen LogP contribution in [0.25, 0.3) is 11.3 Å². The molecule has 168 valence electrons. The number of aromatic nitrogens is 3. The fraction of sp³-hybridized carbons (Fsp3) is 0.636. The number of amides is 3. The van der Waals surface area contributed by atoms with Gasteiger partial charge in [-0.15, -0.1) is 0 Å². The van der Waals surface area contributed by atoms with E-state index < -0.39 is 0 Å². The van der Waals surface area contributed by atoms with Crippen molar-refractivity contribution in [3.05, 3.63) is 23.1 Å². The van der Waals surface area contributed by atoms with Gasteiger partial charge in [0.25, 0.3) is 5.91 Å². The molecule has 1 unspecified atom stereocenters. The van der Waals surface area contributed by atoms with Crippen LogP contribution < -0.4 is 5.32 Å². The molecule has 0 bridgehead atoms. The lowest BCUT2D eigenvalue weighted by molar-refractivity contribution is 0.0766. The summed E-state index contributed by atoms with van der Waals surface area (Å²) in [5.74, 6) is 1.56. The van der Waals surface area contributed by atoms with Gasteiger partial charge in [0.15, 0.2) is 11.5 Å². The predicted molar refractivity (Wildman–Crippen MR) is 116 cm³/mol. The second-order valence-electron chi connectivity index (χ2n) is 8.62. The van der Waals surface area contributed by atoms with Crippen LogP contribution in [-0.2, 0) is 6.54 Å². The molecule has 31 heavy (non-hydrogen) atoms. The standard InChI is InChI=1S/C22H32N6O3/c1-5-28-15(3)20(14(2)24-28)19-12-18(25-31-19)21(29)27-11-8-17(13-27)16-6-9-26(10-7-16)22(30)23-4/h12,16-17H,5-11,13H2,1-4H3,(H,23,30). The summed E-state index contributed by atoms with van der Waals surface area (Å²) >= 11 is 0. The summed E-state index contributed by atoms with van der Waals surface area (Å²) in [6.45, 7) is 9.83. The lowest BCUT2D eigenvalue weighted by Crippen LogP contribution is -2.44. The molecule has 2 aromatic heterocycles. The molecular formula is C22H32N6O3. The van der Waals surface area contributed by atoms with E-state index >= 15 is 0 Å². The molecule has 2 fully saturated rings. The molecule has 1 atom stereocenters. The highest BCUT2D eigenvalue weighted by Crippen LogP contribution is 2.33. The third-order valence-corrected chi connectivity index (χ3v) is 6.88. The van der Waals surface area contributed by atoms with Gasteiger partial charge in [0.1, 0.15) is 0 Å². The van der Waals surface area contributed by atoms with Gasteiger partial charge < -0.3 is 19.6 Å². The van der Waals surface area contributed by atoms with Gasteiger partial charge >= 0.3 is 6.03 Å². The van der Waals surface area contributed by atoms with Crippen LogP contribution in [0, 0.1) is 25.7 Å². The molecule has 0 saturated carbocycles. The molecule has 1 N–H and O–H groups in total. The van der Waals surface area contributed by atoms with Gasteiger partial charge in [0.2, 0.25) is 0 Å². The Morgan fingerprint density at radius 3 is 2.45 bits per heavy atom. The SMILES string of the molecule is CCn1nc(C)c(-c2cc(C(=O)N3CCC(C4CCN(C(=O)NC)CC4)C3)no2)c1C. The Kier molecular flexibility index (Phi) is 6.02. The predicted octanol–water partition coefficient (Wildman–Crippen LogP) is 2.69. The van der Waals surface area contributed by atoms with Gasteiger partial charge in [-0.2, -0.15) is 5.10 Å². The maximum atomic E-state index is 13.1. The molecule has 3 amide bonds. The van der Waals surface area contributed by atoms with E-state index in [9.17, 15) is 9.59 Å². The molecule has 4 rings (SSSR count).